The lowest BCUT2D eigenvalue weighted by Crippen LogP contribution is -2.06. The third kappa shape index (κ3) is 3.47. The van der Waals surface area contributed by atoms with Crippen LogP contribution in [-0.4, -0.2) is 25.2 Å². The molecule has 0 unspecified atom stereocenters. The minimum Gasteiger partial charge on any atom is -0.497 e. The summed E-state index contributed by atoms with van der Waals surface area (Å²) in [4.78, 5) is 17.5. The van der Waals surface area contributed by atoms with Gasteiger partial charge in [-0.1, -0.05) is 23.7 Å². The SMILES string of the molecule is COc1ccc(C2=N/C(=C\c3ccc(SC)cc3)C(=O)O2)c(Cl)c1. The molecular formula is C18H14ClNO3S. The standard InChI is InChI=1S/C18H14ClNO3S/c1-22-12-5-8-14(15(19)10-12)17-20-16(18(21)23-17)9-11-3-6-13(24-2)7-4-11/h3-10H,1-2H3/b16-9-. The molecule has 24 heavy (non-hydrogen) atoms. The molecule has 0 bridgehead atoms. The van der Waals surface area contributed by atoms with Crippen molar-refractivity contribution in [3.63, 3.8) is 0 Å². The summed E-state index contributed by atoms with van der Waals surface area (Å²) < 4.78 is 10.4. The molecule has 1 aliphatic heterocycles. The number of rotatable bonds is 4. The van der Waals surface area contributed by atoms with Crippen LogP contribution in [0.4, 0.5) is 0 Å². The molecule has 0 fully saturated rings. The largest absolute Gasteiger partial charge is 0.497 e. The highest BCUT2D eigenvalue weighted by Crippen LogP contribution is 2.27. The molecule has 4 nitrogen and oxygen atoms in total. The van der Waals surface area contributed by atoms with Crippen LogP contribution in [0, 0.1) is 0 Å². The van der Waals surface area contributed by atoms with Crippen LogP contribution in [0.5, 0.6) is 5.75 Å². The van der Waals surface area contributed by atoms with Gasteiger partial charge >= 0.3 is 5.97 Å². The molecule has 6 heteroatoms. The quantitative estimate of drug-likeness (QED) is 0.460. The Hall–Kier alpha value is -2.24. The zero-order chi connectivity index (χ0) is 17.1. The maximum atomic E-state index is 12.0. The molecule has 0 N–H and O–H groups in total. The third-order valence-electron chi connectivity index (χ3n) is 3.45. The van der Waals surface area contributed by atoms with E-state index in [1.165, 1.54) is 0 Å². The number of methoxy groups -OCH3 is 1. The number of aliphatic imine (C=N–C) groups is 1. The summed E-state index contributed by atoms with van der Waals surface area (Å²) in [5.41, 5.74) is 1.67. The molecule has 0 saturated heterocycles. The number of cyclic esters (lactones) is 1. The molecule has 0 amide bonds. The second-order valence-corrected chi connectivity index (χ2v) is 6.24. The van der Waals surface area contributed by atoms with Gasteiger partial charge in [-0.3, -0.25) is 0 Å². The van der Waals surface area contributed by atoms with Crippen molar-refractivity contribution in [3.05, 3.63) is 64.3 Å². The highest BCUT2D eigenvalue weighted by Gasteiger charge is 2.25. The molecule has 0 aromatic heterocycles. The van der Waals surface area contributed by atoms with Crippen molar-refractivity contribution in [1.82, 2.24) is 0 Å². The predicted molar refractivity (Wildman–Crippen MR) is 96.8 cm³/mol. The molecule has 2 aromatic carbocycles. The van der Waals surface area contributed by atoms with Crippen LogP contribution >= 0.6 is 23.4 Å². The fourth-order valence-corrected chi connectivity index (χ4v) is 2.84. The lowest BCUT2D eigenvalue weighted by atomic mass is 10.2. The third-order valence-corrected chi connectivity index (χ3v) is 4.50. The topological polar surface area (TPSA) is 47.9 Å². The summed E-state index contributed by atoms with van der Waals surface area (Å²) in [6.07, 6.45) is 3.70. The minimum atomic E-state index is -0.495. The maximum absolute atomic E-state index is 12.0. The number of halogens is 1. The molecule has 0 spiro atoms. The number of benzene rings is 2. The van der Waals surface area contributed by atoms with Crippen molar-refractivity contribution in [2.75, 3.05) is 13.4 Å². The van der Waals surface area contributed by atoms with E-state index in [2.05, 4.69) is 4.99 Å². The normalized spacial score (nSPS) is 15.4. The second kappa shape index (κ2) is 7.11. The Bertz CT molecular complexity index is 844. The summed E-state index contributed by atoms with van der Waals surface area (Å²) in [6, 6.07) is 12.9. The van der Waals surface area contributed by atoms with Gasteiger partial charge in [0.05, 0.1) is 17.7 Å². The zero-order valence-corrected chi connectivity index (χ0v) is 14.6. The van der Waals surface area contributed by atoms with E-state index in [4.69, 9.17) is 21.1 Å². The van der Waals surface area contributed by atoms with E-state index in [0.29, 0.717) is 16.3 Å². The predicted octanol–water partition coefficient (Wildman–Crippen LogP) is 4.42. The molecule has 0 aliphatic carbocycles. The molecule has 1 aliphatic rings. The molecule has 0 atom stereocenters. The highest BCUT2D eigenvalue weighted by molar-refractivity contribution is 7.98. The van der Waals surface area contributed by atoms with Gasteiger partial charge in [0.25, 0.3) is 0 Å². The van der Waals surface area contributed by atoms with Crippen LogP contribution in [0.15, 0.2) is 58.0 Å². The Kier molecular flexibility index (Phi) is 4.92. The molecule has 3 rings (SSSR count). The number of nitrogens with zero attached hydrogens (tertiary/aromatic N) is 1. The van der Waals surface area contributed by atoms with Crippen molar-refractivity contribution in [2.45, 2.75) is 4.90 Å². The summed E-state index contributed by atoms with van der Waals surface area (Å²) in [5, 5.41) is 0.409. The summed E-state index contributed by atoms with van der Waals surface area (Å²) >= 11 is 7.86. The lowest BCUT2D eigenvalue weighted by Gasteiger charge is -2.05. The van der Waals surface area contributed by atoms with Gasteiger partial charge in [-0.2, -0.15) is 0 Å². The van der Waals surface area contributed by atoms with Crippen LogP contribution < -0.4 is 4.74 Å². The van der Waals surface area contributed by atoms with Gasteiger partial charge in [-0.15, -0.1) is 11.8 Å². The van der Waals surface area contributed by atoms with Crippen molar-refractivity contribution < 1.29 is 14.3 Å². The summed E-state index contributed by atoms with van der Waals surface area (Å²) in [7, 11) is 1.56. The maximum Gasteiger partial charge on any atom is 0.363 e. The first-order chi connectivity index (χ1) is 11.6. The molecule has 122 valence electrons. The van der Waals surface area contributed by atoms with E-state index < -0.39 is 5.97 Å². The fourth-order valence-electron chi connectivity index (χ4n) is 2.18. The first-order valence-electron chi connectivity index (χ1n) is 7.11. The fraction of sp³-hybridized carbons (Fsp3) is 0.111. The van der Waals surface area contributed by atoms with Crippen LogP contribution in [-0.2, 0) is 9.53 Å². The van der Waals surface area contributed by atoms with Gasteiger partial charge in [0.2, 0.25) is 5.90 Å². The van der Waals surface area contributed by atoms with Crippen LogP contribution in [0.2, 0.25) is 5.02 Å². The average molecular weight is 360 g/mol. The second-order valence-electron chi connectivity index (χ2n) is 4.95. The van der Waals surface area contributed by atoms with E-state index in [9.17, 15) is 4.79 Å². The van der Waals surface area contributed by atoms with Gasteiger partial charge in [0.15, 0.2) is 5.70 Å². The smallest absolute Gasteiger partial charge is 0.363 e. The van der Waals surface area contributed by atoms with E-state index >= 15 is 0 Å². The van der Waals surface area contributed by atoms with Gasteiger partial charge in [0.1, 0.15) is 5.75 Å². The Balaban J connectivity index is 1.91. The monoisotopic (exact) mass is 359 g/mol. The summed E-state index contributed by atoms with van der Waals surface area (Å²) in [5.74, 6) is 0.323. The van der Waals surface area contributed by atoms with Gasteiger partial charge in [-0.05, 0) is 48.2 Å². The van der Waals surface area contributed by atoms with E-state index in [0.717, 1.165) is 10.5 Å². The average Bonchev–Trinajstić information content (AvgIpc) is 2.95. The zero-order valence-electron chi connectivity index (χ0n) is 13.1. The van der Waals surface area contributed by atoms with Crippen LogP contribution in [0.3, 0.4) is 0 Å². The number of esters is 1. The van der Waals surface area contributed by atoms with Crippen molar-refractivity contribution in [3.8, 4) is 5.75 Å². The van der Waals surface area contributed by atoms with Gasteiger partial charge < -0.3 is 9.47 Å². The first kappa shape index (κ1) is 16.6. The van der Waals surface area contributed by atoms with Crippen LogP contribution in [0.1, 0.15) is 11.1 Å². The number of thioether (sulfide) groups is 1. The number of carbonyl (C=O) groups is 1. The first-order valence-corrected chi connectivity index (χ1v) is 8.71. The van der Waals surface area contributed by atoms with Gasteiger partial charge in [-0.25, -0.2) is 9.79 Å². The van der Waals surface area contributed by atoms with Crippen LogP contribution in [0.25, 0.3) is 6.08 Å². The Morgan fingerprint density at radius 1 is 1.21 bits per heavy atom. The summed E-state index contributed by atoms with van der Waals surface area (Å²) in [6.45, 7) is 0. The minimum absolute atomic E-state index is 0.194. The van der Waals surface area contributed by atoms with Gasteiger partial charge in [0, 0.05) is 4.90 Å². The molecule has 0 radical (unpaired) electrons. The van der Waals surface area contributed by atoms with E-state index in [1.54, 1.807) is 43.1 Å². The molecular weight excluding hydrogens is 346 g/mol. The van der Waals surface area contributed by atoms with Crippen molar-refractivity contribution >= 4 is 41.3 Å². The molecule has 1 heterocycles. The number of hydrogen-bond donors (Lipinski definition) is 0. The Morgan fingerprint density at radius 2 is 1.96 bits per heavy atom. The Morgan fingerprint density at radius 3 is 2.58 bits per heavy atom. The number of carbonyl (C=O) groups excluding carboxylic acids is 1. The van der Waals surface area contributed by atoms with Crippen molar-refractivity contribution in [2.24, 2.45) is 4.99 Å². The number of hydrogen-bond acceptors (Lipinski definition) is 5. The van der Waals surface area contributed by atoms with E-state index in [-0.39, 0.29) is 11.6 Å². The molecule has 2 aromatic rings. The van der Waals surface area contributed by atoms with E-state index in [1.807, 2.05) is 30.5 Å². The highest BCUT2D eigenvalue weighted by atomic mass is 35.5. The lowest BCUT2D eigenvalue weighted by molar-refractivity contribution is -0.129. The van der Waals surface area contributed by atoms with Crippen molar-refractivity contribution in [1.29, 1.82) is 0 Å². The molecule has 0 saturated carbocycles. The number of ether oxygens (including phenoxy) is 2. The Labute approximate surface area is 149 Å².